The molecule has 4 aliphatic heterocycles. The zero-order valence-electron chi connectivity index (χ0n) is 13.1. The molecule has 0 aliphatic carbocycles. The summed E-state index contributed by atoms with van der Waals surface area (Å²) in [5.74, 6) is 1.34. The zero-order chi connectivity index (χ0) is 14.1. The first-order valence-electron chi connectivity index (χ1n) is 8.88. The van der Waals surface area contributed by atoms with E-state index in [0.29, 0.717) is 6.10 Å². The summed E-state index contributed by atoms with van der Waals surface area (Å²) in [6.07, 6.45) is 8.42. The summed E-state index contributed by atoms with van der Waals surface area (Å²) in [4.78, 5) is 0. The van der Waals surface area contributed by atoms with Crippen LogP contribution in [0.15, 0.2) is 0 Å². The van der Waals surface area contributed by atoms with Gasteiger partial charge in [0.15, 0.2) is 0 Å². The maximum Gasteiger partial charge on any atom is 0.0859 e. The van der Waals surface area contributed by atoms with Gasteiger partial charge in [-0.3, -0.25) is 0 Å². The number of piperazine rings is 1. The molecule has 120 valence electrons. The lowest BCUT2D eigenvalue weighted by Gasteiger charge is -2.56. The highest BCUT2D eigenvalue weighted by Crippen LogP contribution is 2.45. The predicted octanol–water partition coefficient (Wildman–Crippen LogP) is 1.72. The smallest absolute Gasteiger partial charge is 0.0859 e. The van der Waals surface area contributed by atoms with Gasteiger partial charge in [-0.25, -0.2) is 10.0 Å². The third-order valence-electron chi connectivity index (χ3n) is 5.79. The van der Waals surface area contributed by atoms with Crippen LogP contribution in [0.2, 0.25) is 0 Å². The number of hydrazine groups is 1. The van der Waals surface area contributed by atoms with Crippen LogP contribution >= 0.6 is 11.8 Å². The van der Waals surface area contributed by atoms with Gasteiger partial charge in [0.2, 0.25) is 0 Å². The Bertz CT molecular complexity index is 333. The highest BCUT2D eigenvalue weighted by atomic mass is 32.2. The Balaban J connectivity index is 1.66. The quantitative estimate of drug-likeness (QED) is 0.857. The Kier molecular flexibility index (Phi) is 4.47. The van der Waals surface area contributed by atoms with Crippen molar-refractivity contribution in [3.05, 3.63) is 0 Å². The fourth-order valence-corrected chi connectivity index (χ4v) is 6.43. The van der Waals surface area contributed by atoms with Crippen molar-refractivity contribution in [3.8, 4) is 0 Å². The lowest BCUT2D eigenvalue weighted by atomic mass is 9.82. The summed E-state index contributed by atoms with van der Waals surface area (Å²) in [6.45, 7) is 6.89. The molecule has 3 atom stereocenters. The molecule has 0 spiro atoms. The van der Waals surface area contributed by atoms with E-state index >= 15 is 0 Å². The average molecular weight is 311 g/mol. The van der Waals surface area contributed by atoms with Gasteiger partial charge in [0.1, 0.15) is 0 Å². The van der Waals surface area contributed by atoms with Crippen molar-refractivity contribution in [1.82, 2.24) is 15.3 Å². The normalized spacial score (nSPS) is 42.9. The van der Waals surface area contributed by atoms with Crippen LogP contribution in [0.1, 0.15) is 38.5 Å². The summed E-state index contributed by atoms with van der Waals surface area (Å²) in [5.41, 5.74) is 0.209. The maximum atomic E-state index is 6.28. The molecule has 4 fully saturated rings. The molecule has 0 bridgehead atoms. The highest BCUT2D eigenvalue weighted by Gasteiger charge is 2.55. The number of nitrogens with zero attached hydrogens (tertiary/aromatic N) is 2. The topological polar surface area (TPSA) is 27.7 Å². The van der Waals surface area contributed by atoms with Crippen molar-refractivity contribution in [2.45, 2.75) is 55.4 Å². The van der Waals surface area contributed by atoms with E-state index in [1.54, 1.807) is 0 Å². The number of rotatable bonds is 3. The summed E-state index contributed by atoms with van der Waals surface area (Å²) >= 11 is 2.21. The third-order valence-corrected chi connectivity index (χ3v) is 7.36. The van der Waals surface area contributed by atoms with E-state index in [9.17, 15) is 0 Å². The van der Waals surface area contributed by atoms with Crippen molar-refractivity contribution in [1.29, 1.82) is 0 Å². The fraction of sp³-hybridized carbons (Fsp3) is 1.00. The Labute approximate surface area is 132 Å². The monoisotopic (exact) mass is 311 g/mol. The van der Waals surface area contributed by atoms with Gasteiger partial charge in [-0.15, -0.1) is 0 Å². The number of ether oxygens (including phenoxy) is 1. The number of hydrogen-bond acceptors (Lipinski definition) is 5. The Hall–Kier alpha value is 0.190. The molecule has 0 amide bonds. The van der Waals surface area contributed by atoms with Gasteiger partial charge in [0.05, 0.1) is 11.6 Å². The van der Waals surface area contributed by atoms with Gasteiger partial charge < -0.3 is 10.1 Å². The molecule has 4 rings (SSSR count). The molecule has 4 nitrogen and oxygen atoms in total. The van der Waals surface area contributed by atoms with Crippen molar-refractivity contribution in [3.63, 3.8) is 0 Å². The van der Waals surface area contributed by atoms with Crippen LogP contribution in [-0.4, -0.2) is 72.0 Å². The van der Waals surface area contributed by atoms with Crippen LogP contribution in [0.5, 0.6) is 0 Å². The van der Waals surface area contributed by atoms with Crippen LogP contribution in [0.3, 0.4) is 0 Å². The fourth-order valence-electron chi connectivity index (χ4n) is 4.83. The number of hydrogen-bond donors (Lipinski definition) is 1. The number of thioether (sulfide) groups is 1. The van der Waals surface area contributed by atoms with Gasteiger partial charge in [0.25, 0.3) is 0 Å². The first kappa shape index (κ1) is 14.8. The minimum atomic E-state index is 0.209. The Morgan fingerprint density at radius 2 is 1.95 bits per heavy atom. The van der Waals surface area contributed by atoms with E-state index in [1.807, 2.05) is 0 Å². The van der Waals surface area contributed by atoms with E-state index in [0.717, 1.165) is 31.5 Å². The zero-order valence-corrected chi connectivity index (χ0v) is 13.9. The van der Waals surface area contributed by atoms with E-state index in [1.165, 1.54) is 57.4 Å². The molecule has 3 unspecified atom stereocenters. The minimum Gasteiger partial charge on any atom is -0.376 e. The van der Waals surface area contributed by atoms with E-state index < -0.39 is 0 Å². The minimum absolute atomic E-state index is 0.209. The average Bonchev–Trinajstić information content (AvgIpc) is 3.29. The third kappa shape index (κ3) is 2.55. The Morgan fingerprint density at radius 1 is 1.05 bits per heavy atom. The largest absolute Gasteiger partial charge is 0.376 e. The molecule has 1 N–H and O–H groups in total. The van der Waals surface area contributed by atoms with Gasteiger partial charge in [0, 0.05) is 44.6 Å². The van der Waals surface area contributed by atoms with E-state index in [2.05, 4.69) is 27.1 Å². The van der Waals surface area contributed by atoms with Crippen molar-refractivity contribution in [2.75, 3.05) is 45.1 Å². The first-order valence-corrected chi connectivity index (χ1v) is 9.92. The van der Waals surface area contributed by atoms with Gasteiger partial charge >= 0.3 is 0 Å². The SMILES string of the molecule is C1COC(C2(C3CCCS3)CNCCN2N2CCCC2)C1. The molecule has 5 heteroatoms. The summed E-state index contributed by atoms with van der Waals surface area (Å²) in [6, 6.07) is 0. The van der Waals surface area contributed by atoms with E-state index in [4.69, 9.17) is 4.74 Å². The van der Waals surface area contributed by atoms with Crippen LogP contribution in [0.25, 0.3) is 0 Å². The van der Waals surface area contributed by atoms with Crippen molar-refractivity contribution >= 4 is 11.8 Å². The molecule has 0 aromatic carbocycles. The summed E-state index contributed by atoms with van der Waals surface area (Å²) in [7, 11) is 0. The molecule has 4 saturated heterocycles. The molecule has 4 aliphatic rings. The highest BCUT2D eigenvalue weighted by molar-refractivity contribution is 8.00. The van der Waals surface area contributed by atoms with Gasteiger partial charge in [-0.2, -0.15) is 11.8 Å². The predicted molar refractivity (Wildman–Crippen MR) is 87.6 cm³/mol. The van der Waals surface area contributed by atoms with Crippen molar-refractivity contribution < 1.29 is 4.74 Å². The van der Waals surface area contributed by atoms with E-state index in [-0.39, 0.29) is 5.54 Å². The van der Waals surface area contributed by atoms with Gasteiger partial charge in [-0.05, 0) is 44.3 Å². The molecule has 0 aromatic heterocycles. The second-order valence-electron chi connectivity index (χ2n) is 6.96. The molecular weight excluding hydrogens is 282 g/mol. The van der Waals surface area contributed by atoms with Crippen LogP contribution in [0.4, 0.5) is 0 Å². The molecule has 21 heavy (non-hydrogen) atoms. The van der Waals surface area contributed by atoms with Crippen LogP contribution in [-0.2, 0) is 4.74 Å². The summed E-state index contributed by atoms with van der Waals surface area (Å²) < 4.78 is 6.28. The second-order valence-corrected chi connectivity index (χ2v) is 8.27. The molecule has 0 radical (unpaired) electrons. The van der Waals surface area contributed by atoms with Crippen molar-refractivity contribution in [2.24, 2.45) is 0 Å². The molecule has 0 saturated carbocycles. The standard InChI is InChI=1S/C16H29N3OS/c1-2-9-18(8-1)19-10-7-17-13-16(19,14-5-3-11-20-14)15-6-4-12-21-15/h14-15,17H,1-13H2. The molecule has 0 aromatic rings. The second kappa shape index (κ2) is 6.36. The lowest BCUT2D eigenvalue weighted by molar-refractivity contribution is -0.159. The van der Waals surface area contributed by atoms with Gasteiger partial charge in [-0.1, -0.05) is 0 Å². The maximum absolute atomic E-state index is 6.28. The lowest BCUT2D eigenvalue weighted by Crippen LogP contribution is -2.74. The Morgan fingerprint density at radius 3 is 2.67 bits per heavy atom. The number of nitrogens with one attached hydrogen (secondary N) is 1. The van der Waals surface area contributed by atoms with Crippen LogP contribution < -0.4 is 5.32 Å². The molecular formula is C16H29N3OS. The summed E-state index contributed by atoms with van der Waals surface area (Å²) in [5, 5.41) is 9.91. The van der Waals surface area contributed by atoms with Crippen LogP contribution in [0, 0.1) is 0 Å². The first-order chi connectivity index (χ1) is 10.4. The molecule has 4 heterocycles.